The maximum atomic E-state index is 12.1. The third-order valence-corrected chi connectivity index (χ3v) is 3.16. The van der Waals surface area contributed by atoms with Gasteiger partial charge in [-0.1, -0.05) is 25.1 Å². The third kappa shape index (κ3) is 2.33. The smallest absolute Gasteiger partial charge is 0.243 e. The Kier molecular flexibility index (Phi) is 3.76. The second kappa shape index (κ2) is 5.29. The van der Waals surface area contributed by atoms with Crippen LogP contribution in [0.5, 0.6) is 0 Å². The minimum atomic E-state index is 0.163. The molecule has 4 heteroatoms. The van der Waals surface area contributed by atoms with Crippen LogP contribution in [-0.4, -0.2) is 30.0 Å². The fourth-order valence-electron chi connectivity index (χ4n) is 2.33. The highest BCUT2D eigenvalue weighted by Crippen LogP contribution is 2.27. The van der Waals surface area contributed by atoms with Crippen molar-refractivity contribution in [2.45, 2.75) is 25.8 Å². The van der Waals surface area contributed by atoms with Gasteiger partial charge in [0.15, 0.2) is 0 Å². The minimum absolute atomic E-state index is 0.163. The van der Waals surface area contributed by atoms with Crippen molar-refractivity contribution in [2.24, 2.45) is 5.73 Å². The van der Waals surface area contributed by atoms with E-state index in [1.165, 1.54) is 0 Å². The molecule has 1 saturated heterocycles. The van der Waals surface area contributed by atoms with Gasteiger partial charge in [0.25, 0.3) is 0 Å². The Hall–Kier alpha value is -1.39. The molecule has 0 saturated carbocycles. The van der Waals surface area contributed by atoms with Crippen molar-refractivity contribution < 1.29 is 4.79 Å². The highest BCUT2D eigenvalue weighted by molar-refractivity contribution is 5.94. The lowest BCUT2D eigenvalue weighted by molar-refractivity contribution is -0.118. The van der Waals surface area contributed by atoms with Crippen molar-refractivity contribution in [3.63, 3.8) is 0 Å². The van der Waals surface area contributed by atoms with Crippen molar-refractivity contribution in [3.8, 4) is 0 Å². The van der Waals surface area contributed by atoms with E-state index in [-0.39, 0.29) is 11.9 Å². The van der Waals surface area contributed by atoms with Gasteiger partial charge in [0.1, 0.15) is 0 Å². The Morgan fingerprint density at radius 2 is 2.06 bits per heavy atom. The van der Waals surface area contributed by atoms with E-state index in [1.54, 1.807) is 5.01 Å². The van der Waals surface area contributed by atoms with Crippen LogP contribution < -0.4 is 10.7 Å². The third-order valence-electron chi connectivity index (χ3n) is 3.16. The van der Waals surface area contributed by atoms with Crippen molar-refractivity contribution in [1.29, 1.82) is 0 Å². The fraction of sp³-hybridized carbons (Fsp3) is 0.462. The summed E-state index contributed by atoms with van der Waals surface area (Å²) >= 11 is 0. The van der Waals surface area contributed by atoms with E-state index in [2.05, 4.69) is 11.9 Å². The number of carbonyl (C=O) groups excluding carboxylic acids is 1. The Labute approximate surface area is 102 Å². The van der Waals surface area contributed by atoms with Gasteiger partial charge in [-0.05, 0) is 18.6 Å². The van der Waals surface area contributed by atoms with Crippen LogP contribution in [0.15, 0.2) is 30.3 Å². The summed E-state index contributed by atoms with van der Waals surface area (Å²) < 4.78 is 0. The number of para-hydroxylation sites is 1. The lowest BCUT2D eigenvalue weighted by Gasteiger charge is -2.31. The molecule has 0 bridgehead atoms. The molecule has 1 amide bonds. The summed E-state index contributed by atoms with van der Waals surface area (Å²) in [5.74, 6) is 0.163. The van der Waals surface area contributed by atoms with Gasteiger partial charge < -0.3 is 5.73 Å². The molecule has 1 fully saturated rings. The highest BCUT2D eigenvalue weighted by atomic mass is 16.2. The average molecular weight is 233 g/mol. The molecule has 0 aliphatic carbocycles. The summed E-state index contributed by atoms with van der Waals surface area (Å²) in [6.07, 6.45) is 1.56. The molecule has 17 heavy (non-hydrogen) atoms. The maximum absolute atomic E-state index is 12.1. The van der Waals surface area contributed by atoms with E-state index in [0.717, 1.165) is 18.7 Å². The van der Waals surface area contributed by atoms with Gasteiger partial charge in [-0.3, -0.25) is 4.79 Å². The second-order valence-electron chi connectivity index (χ2n) is 4.26. The molecule has 2 N–H and O–H groups in total. The van der Waals surface area contributed by atoms with Crippen LogP contribution in [0, 0.1) is 0 Å². The molecule has 0 spiro atoms. The Morgan fingerprint density at radius 3 is 2.65 bits per heavy atom. The van der Waals surface area contributed by atoms with Crippen molar-refractivity contribution in [2.75, 3.05) is 18.1 Å². The second-order valence-corrected chi connectivity index (χ2v) is 4.26. The Bertz CT molecular complexity index is 380. The van der Waals surface area contributed by atoms with E-state index in [1.807, 2.05) is 30.3 Å². The van der Waals surface area contributed by atoms with E-state index in [4.69, 9.17) is 5.73 Å². The van der Waals surface area contributed by atoms with Crippen LogP contribution in [0.1, 0.15) is 19.8 Å². The fourth-order valence-corrected chi connectivity index (χ4v) is 2.33. The van der Waals surface area contributed by atoms with E-state index >= 15 is 0 Å². The SMILES string of the molecule is CCC1CC(=O)N(c2ccccc2)N1CCN. The summed E-state index contributed by atoms with van der Waals surface area (Å²) in [5, 5.41) is 3.87. The number of rotatable bonds is 4. The largest absolute Gasteiger partial charge is 0.329 e. The predicted molar refractivity (Wildman–Crippen MR) is 68.4 cm³/mol. The molecule has 4 nitrogen and oxygen atoms in total. The zero-order valence-corrected chi connectivity index (χ0v) is 10.2. The van der Waals surface area contributed by atoms with Crippen LogP contribution >= 0.6 is 0 Å². The van der Waals surface area contributed by atoms with Crippen molar-refractivity contribution >= 4 is 11.6 Å². The minimum Gasteiger partial charge on any atom is -0.329 e. The number of anilines is 1. The van der Waals surface area contributed by atoms with Crippen molar-refractivity contribution in [1.82, 2.24) is 5.01 Å². The Balaban J connectivity index is 2.27. The van der Waals surface area contributed by atoms with E-state index in [0.29, 0.717) is 13.0 Å². The Morgan fingerprint density at radius 1 is 1.35 bits per heavy atom. The lowest BCUT2D eigenvalue weighted by Crippen LogP contribution is -2.45. The van der Waals surface area contributed by atoms with Crippen LogP contribution in [0.2, 0.25) is 0 Å². The first kappa shape index (κ1) is 12.1. The van der Waals surface area contributed by atoms with Gasteiger partial charge in [0.05, 0.1) is 5.69 Å². The molecule has 1 aliphatic rings. The monoisotopic (exact) mass is 233 g/mol. The number of amides is 1. The van der Waals surface area contributed by atoms with Gasteiger partial charge in [-0.2, -0.15) is 0 Å². The number of hydrazine groups is 1. The lowest BCUT2D eigenvalue weighted by atomic mass is 10.2. The van der Waals surface area contributed by atoms with Gasteiger partial charge in [-0.15, -0.1) is 0 Å². The molecule has 1 aliphatic heterocycles. The van der Waals surface area contributed by atoms with Crippen LogP contribution in [0.3, 0.4) is 0 Å². The first-order valence-electron chi connectivity index (χ1n) is 6.12. The zero-order valence-electron chi connectivity index (χ0n) is 10.2. The number of carbonyl (C=O) groups is 1. The molecule has 0 radical (unpaired) electrons. The maximum Gasteiger partial charge on any atom is 0.243 e. The molecular formula is C13H19N3O. The quantitative estimate of drug-likeness (QED) is 0.854. The average Bonchev–Trinajstić information content (AvgIpc) is 2.67. The standard InChI is InChI=1S/C13H19N3O/c1-2-11-10-13(17)16(15(11)9-8-14)12-6-4-3-5-7-12/h3-7,11H,2,8-10,14H2,1H3. The number of nitrogens with two attached hydrogens (primary N) is 1. The van der Waals surface area contributed by atoms with Gasteiger partial charge >= 0.3 is 0 Å². The molecule has 1 heterocycles. The van der Waals surface area contributed by atoms with Gasteiger partial charge in [-0.25, -0.2) is 10.0 Å². The first-order valence-corrected chi connectivity index (χ1v) is 6.12. The summed E-state index contributed by atoms with van der Waals surface area (Å²) in [6.45, 7) is 3.39. The summed E-state index contributed by atoms with van der Waals surface area (Å²) in [6, 6.07) is 10.0. The molecule has 1 unspecified atom stereocenters. The summed E-state index contributed by atoms with van der Waals surface area (Å²) in [7, 11) is 0. The molecule has 1 aromatic rings. The number of nitrogens with zero attached hydrogens (tertiary/aromatic N) is 2. The number of hydrogen-bond donors (Lipinski definition) is 1. The molecule has 0 aromatic heterocycles. The summed E-state index contributed by atoms with van der Waals surface area (Å²) in [5.41, 5.74) is 6.56. The van der Waals surface area contributed by atoms with Gasteiger partial charge in [0, 0.05) is 25.6 Å². The first-order chi connectivity index (χ1) is 8.27. The molecule has 92 valence electrons. The van der Waals surface area contributed by atoms with E-state index in [9.17, 15) is 4.79 Å². The van der Waals surface area contributed by atoms with Crippen molar-refractivity contribution in [3.05, 3.63) is 30.3 Å². The van der Waals surface area contributed by atoms with Crippen LogP contribution in [0.4, 0.5) is 5.69 Å². The molecular weight excluding hydrogens is 214 g/mol. The number of hydrogen-bond acceptors (Lipinski definition) is 3. The van der Waals surface area contributed by atoms with Crippen LogP contribution in [-0.2, 0) is 4.79 Å². The topological polar surface area (TPSA) is 49.6 Å². The van der Waals surface area contributed by atoms with Crippen LogP contribution in [0.25, 0.3) is 0 Å². The van der Waals surface area contributed by atoms with Gasteiger partial charge in [0.2, 0.25) is 5.91 Å². The molecule has 1 aromatic carbocycles. The molecule has 1 atom stereocenters. The zero-order chi connectivity index (χ0) is 12.3. The highest BCUT2D eigenvalue weighted by Gasteiger charge is 2.36. The van der Waals surface area contributed by atoms with E-state index < -0.39 is 0 Å². The number of benzene rings is 1. The predicted octanol–water partition coefficient (Wildman–Crippen LogP) is 1.38. The normalized spacial score (nSPS) is 21.2. The molecule has 2 rings (SSSR count). The summed E-state index contributed by atoms with van der Waals surface area (Å²) in [4.78, 5) is 12.1.